The van der Waals surface area contributed by atoms with Crippen LogP contribution < -0.4 is 0 Å². The summed E-state index contributed by atoms with van der Waals surface area (Å²) < 4.78 is 0. The van der Waals surface area contributed by atoms with Gasteiger partial charge in [0.15, 0.2) is 0 Å². The smallest absolute Gasteiger partial charge is 1.00 e. The SMILES string of the molecule is CCCC(=O)O.[Be+2].[H-].[H-]. The van der Waals surface area contributed by atoms with Crippen molar-refractivity contribution in [2.24, 2.45) is 0 Å². The number of carbonyl (C=O) groups is 1. The maximum Gasteiger partial charge on any atom is 2.00 e. The molecule has 0 rings (SSSR count). The molecule has 0 bridgehead atoms. The van der Waals surface area contributed by atoms with Crippen LogP contribution in [0, 0.1) is 0 Å². The number of carboxylic acid groups (broad SMARTS) is 1. The molecule has 0 heterocycles. The molecule has 2 nitrogen and oxygen atoms in total. The fourth-order valence-electron chi connectivity index (χ4n) is 0.214. The summed E-state index contributed by atoms with van der Waals surface area (Å²) in [5, 5.41) is 7.91. The third-order valence-corrected chi connectivity index (χ3v) is 0.464. The molecule has 0 spiro atoms. The van der Waals surface area contributed by atoms with Gasteiger partial charge in [-0.05, 0) is 6.42 Å². The summed E-state index contributed by atoms with van der Waals surface area (Å²) in [6.07, 6.45) is 1.02. The van der Waals surface area contributed by atoms with Crippen LogP contribution in [0.5, 0.6) is 0 Å². The van der Waals surface area contributed by atoms with E-state index in [0.29, 0.717) is 6.42 Å². The van der Waals surface area contributed by atoms with Crippen LogP contribution in [0.4, 0.5) is 0 Å². The van der Waals surface area contributed by atoms with E-state index in [-0.39, 0.29) is 13.0 Å². The zero-order valence-corrected chi connectivity index (χ0v) is 4.48. The van der Waals surface area contributed by atoms with Gasteiger partial charge in [-0.1, -0.05) is 6.92 Å². The number of aliphatic carboxylic acids is 1. The van der Waals surface area contributed by atoms with Crippen LogP contribution in [0.2, 0.25) is 0 Å². The van der Waals surface area contributed by atoms with Crippen molar-refractivity contribution in [3.05, 3.63) is 0 Å². The number of carboxylic acids is 1. The number of rotatable bonds is 2. The van der Waals surface area contributed by atoms with E-state index < -0.39 is 5.97 Å². The number of hydrogen-bond donors (Lipinski definition) is 1. The van der Waals surface area contributed by atoms with Crippen LogP contribution in [-0.2, 0) is 4.79 Å². The summed E-state index contributed by atoms with van der Waals surface area (Å²) in [7, 11) is 0. The summed E-state index contributed by atoms with van der Waals surface area (Å²) in [6, 6.07) is 0. The molecule has 0 fully saturated rings. The normalized spacial score (nSPS) is 7.00. The third kappa shape index (κ3) is 10.7. The van der Waals surface area contributed by atoms with Gasteiger partial charge in [0.1, 0.15) is 0 Å². The second-order valence-corrected chi connectivity index (χ2v) is 1.14. The van der Waals surface area contributed by atoms with Crippen LogP contribution >= 0.6 is 0 Å². The first-order valence-electron chi connectivity index (χ1n) is 1.99. The summed E-state index contributed by atoms with van der Waals surface area (Å²) in [6.45, 7) is 1.84. The van der Waals surface area contributed by atoms with E-state index in [1.54, 1.807) is 0 Å². The van der Waals surface area contributed by atoms with Gasteiger partial charge in [-0.2, -0.15) is 0 Å². The summed E-state index contributed by atoms with van der Waals surface area (Å²) in [4.78, 5) is 9.60. The van der Waals surface area contributed by atoms with Crippen molar-refractivity contribution in [3.8, 4) is 0 Å². The largest absolute Gasteiger partial charge is 2.00 e. The second-order valence-electron chi connectivity index (χ2n) is 1.14. The van der Waals surface area contributed by atoms with Gasteiger partial charge in [0.25, 0.3) is 0 Å². The minimum absolute atomic E-state index is 0. The Labute approximate surface area is 49.7 Å². The van der Waals surface area contributed by atoms with E-state index in [4.69, 9.17) is 5.11 Å². The minimum Gasteiger partial charge on any atom is -1.00 e. The average molecular weight is 99.1 g/mol. The molecule has 0 radical (unpaired) electrons. The van der Waals surface area contributed by atoms with E-state index >= 15 is 0 Å². The van der Waals surface area contributed by atoms with Gasteiger partial charge in [-0.15, -0.1) is 0 Å². The maximum atomic E-state index is 9.60. The molecule has 0 unspecified atom stereocenters. The Bertz CT molecular complexity index is 60.5. The first kappa shape index (κ1) is 9.81. The fourth-order valence-corrected chi connectivity index (χ4v) is 0.214. The van der Waals surface area contributed by atoms with Crippen molar-refractivity contribution in [2.45, 2.75) is 19.8 Å². The van der Waals surface area contributed by atoms with Gasteiger partial charge in [0.05, 0.1) is 0 Å². The molecule has 7 heavy (non-hydrogen) atoms. The third-order valence-electron chi connectivity index (χ3n) is 0.464. The minimum atomic E-state index is -0.711. The van der Waals surface area contributed by atoms with E-state index in [1.807, 2.05) is 6.92 Å². The van der Waals surface area contributed by atoms with E-state index in [9.17, 15) is 4.79 Å². The Balaban J connectivity index is -0.0000000417. The van der Waals surface area contributed by atoms with Crippen molar-refractivity contribution in [1.29, 1.82) is 0 Å². The summed E-state index contributed by atoms with van der Waals surface area (Å²) in [5.41, 5.74) is 0. The summed E-state index contributed by atoms with van der Waals surface area (Å²) >= 11 is 0. The Morgan fingerprint density at radius 1 is 1.86 bits per heavy atom. The average Bonchev–Trinajstić information content (AvgIpc) is 1.35. The summed E-state index contributed by atoms with van der Waals surface area (Å²) in [5.74, 6) is -0.711. The molecule has 0 atom stereocenters. The Kier molecular flexibility index (Phi) is 7.90. The topological polar surface area (TPSA) is 37.3 Å². The van der Waals surface area contributed by atoms with Crippen molar-refractivity contribution >= 4 is 16.1 Å². The van der Waals surface area contributed by atoms with Crippen molar-refractivity contribution in [3.63, 3.8) is 0 Å². The molecule has 0 aliphatic carbocycles. The zero-order chi connectivity index (χ0) is 4.99. The Morgan fingerprint density at radius 2 is 2.29 bits per heavy atom. The van der Waals surface area contributed by atoms with Crippen LogP contribution in [-0.4, -0.2) is 21.2 Å². The molecule has 40 valence electrons. The van der Waals surface area contributed by atoms with E-state index in [1.165, 1.54) is 0 Å². The molecule has 0 aliphatic heterocycles. The van der Waals surface area contributed by atoms with Crippen LogP contribution in [0.3, 0.4) is 0 Å². The van der Waals surface area contributed by atoms with Gasteiger partial charge >= 0.3 is 16.1 Å². The standard InChI is InChI=1S/C4H8O2.Be.2H/c1-2-3-4(5)6;;;/h2-3H2,1H3,(H,5,6);;;/q;+2;2*-1. The molecular formula is C4H10BeO2. The Morgan fingerprint density at radius 3 is 2.29 bits per heavy atom. The van der Waals surface area contributed by atoms with Gasteiger partial charge in [0, 0.05) is 6.42 Å². The van der Waals surface area contributed by atoms with E-state index in [2.05, 4.69) is 0 Å². The monoisotopic (exact) mass is 99.1 g/mol. The predicted octanol–water partition coefficient (Wildman–Crippen LogP) is 0.715. The quantitative estimate of drug-likeness (QED) is 0.518. The van der Waals surface area contributed by atoms with E-state index in [0.717, 1.165) is 6.42 Å². The molecule has 0 aromatic rings. The van der Waals surface area contributed by atoms with Gasteiger partial charge in [-0.3, -0.25) is 4.79 Å². The second kappa shape index (κ2) is 5.64. The fraction of sp³-hybridized carbons (Fsp3) is 0.750. The molecule has 0 saturated heterocycles. The zero-order valence-electron chi connectivity index (χ0n) is 6.48. The first-order chi connectivity index (χ1) is 2.77. The molecule has 0 aromatic carbocycles. The van der Waals surface area contributed by atoms with Crippen LogP contribution in [0.1, 0.15) is 22.6 Å². The molecule has 1 N–H and O–H groups in total. The van der Waals surface area contributed by atoms with Gasteiger partial charge < -0.3 is 7.96 Å². The molecule has 0 aliphatic rings. The van der Waals surface area contributed by atoms with Gasteiger partial charge in [0.2, 0.25) is 0 Å². The van der Waals surface area contributed by atoms with Crippen LogP contribution in [0.15, 0.2) is 0 Å². The first-order valence-corrected chi connectivity index (χ1v) is 1.99. The molecular weight excluding hydrogens is 89.1 g/mol. The Hall–Kier alpha value is -0.361. The predicted molar refractivity (Wildman–Crippen MR) is 30.5 cm³/mol. The number of hydrogen-bond acceptors (Lipinski definition) is 1. The maximum absolute atomic E-state index is 9.60. The van der Waals surface area contributed by atoms with Crippen molar-refractivity contribution < 1.29 is 12.8 Å². The molecule has 0 saturated carbocycles. The van der Waals surface area contributed by atoms with Gasteiger partial charge in [-0.25, -0.2) is 0 Å². The molecule has 0 aromatic heterocycles. The van der Waals surface area contributed by atoms with Crippen molar-refractivity contribution in [2.75, 3.05) is 0 Å². The molecule has 3 heteroatoms. The molecule has 0 amide bonds. The van der Waals surface area contributed by atoms with Crippen LogP contribution in [0.25, 0.3) is 0 Å². The van der Waals surface area contributed by atoms with Crippen molar-refractivity contribution in [1.82, 2.24) is 0 Å².